The van der Waals surface area contributed by atoms with Crippen LogP contribution in [0.15, 0.2) is 46.9 Å². The van der Waals surface area contributed by atoms with E-state index in [1.807, 2.05) is 56.3 Å². The number of hydrogen-bond donors (Lipinski definition) is 2. The van der Waals surface area contributed by atoms with E-state index in [1.165, 1.54) is 0 Å². The van der Waals surface area contributed by atoms with Crippen molar-refractivity contribution in [2.75, 3.05) is 5.32 Å². The first-order valence-electron chi connectivity index (χ1n) is 6.37. The fourth-order valence-electron chi connectivity index (χ4n) is 1.88. The molecule has 104 valence electrons. The number of halogens is 1. The largest absolute Gasteiger partial charge is 0.324 e. The summed E-state index contributed by atoms with van der Waals surface area (Å²) in [5.74, 6) is -0.213. The number of amides is 1. The van der Waals surface area contributed by atoms with E-state index in [1.54, 1.807) is 0 Å². The zero-order valence-electron chi connectivity index (χ0n) is 11.5. The summed E-state index contributed by atoms with van der Waals surface area (Å²) in [5, 5.41) is 2.87. The minimum absolute atomic E-state index is 0.213. The van der Waals surface area contributed by atoms with Gasteiger partial charge < -0.3 is 11.1 Å². The van der Waals surface area contributed by atoms with Gasteiger partial charge in [0.25, 0.3) is 0 Å². The van der Waals surface area contributed by atoms with E-state index < -0.39 is 6.04 Å². The number of anilines is 1. The third kappa shape index (κ3) is 3.26. The Kier molecular flexibility index (Phi) is 4.57. The first-order valence-corrected chi connectivity index (χ1v) is 7.16. The second-order valence-corrected chi connectivity index (χ2v) is 5.64. The molecular weight excluding hydrogens is 316 g/mol. The Morgan fingerprint density at radius 3 is 2.45 bits per heavy atom. The van der Waals surface area contributed by atoms with Gasteiger partial charge >= 0.3 is 0 Å². The number of nitrogens with one attached hydrogen (secondary N) is 1. The van der Waals surface area contributed by atoms with Crippen molar-refractivity contribution < 1.29 is 4.79 Å². The van der Waals surface area contributed by atoms with Crippen molar-refractivity contribution >= 4 is 27.5 Å². The fraction of sp³-hybridized carbons (Fsp3) is 0.188. The number of nitrogens with two attached hydrogens (primary N) is 1. The van der Waals surface area contributed by atoms with Gasteiger partial charge in [0.2, 0.25) is 5.91 Å². The third-order valence-corrected chi connectivity index (χ3v) is 4.10. The van der Waals surface area contributed by atoms with E-state index in [-0.39, 0.29) is 5.91 Å². The quantitative estimate of drug-likeness (QED) is 0.900. The molecule has 3 nitrogen and oxygen atoms in total. The van der Waals surface area contributed by atoms with Gasteiger partial charge in [0, 0.05) is 10.2 Å². The molecule has 1 atom stereocenters. The maximum Gasteiger partial charge on any atom is 0.245 e. The Labute approximate surface area is 127 Å². The van der Waals surface area contributed by atoms with Crippen LogP contribution in [0.3, 0.4) is 0 Å². The molecule has 0 aliphatic heterocycles. The van der Waals surface area contributed by atoms with Gasteiger partial charge in [-0.15, -0.1) is 0 Å². The Morgan fingerprint density at radius 1 is 1.15 bits per heavy atom. The highest BCUT2D eigenvalue weighted by molar-refractivity contribution is 9.10. The van der Waals surface area contributed by atoms with Gasteiger partial charge in [-0.3, -0.25) is 4.79 Å². The standard InChI is InChI=1S/C16H17BrN2O/c1-10-6-8-12(9-7-10)15(18)16(20)19-14-5-3-4-13(17)11(14)2/h3-9,15H,18H2,1-2H3,(H,19,20). The Balaban J connectivity index is 2.15. The van der Waals surface area contributed by atoms with Crippen molar-refractivity contribution in [1.82, 2.24) is 0 Å². The van der Waals surface area contributed by atoms with Gasteiger partial charge in [-0.25, -0.2) is 0 Å². The molecule has 3 N–H and O–H groups in total. The van der Waals surface area contributed by atoms with Crippen LogP contribution in [0.25, 0.3) is 0 Å². The Bertz CT molecular complexity index is 623. The monoisotopic (exact) mass is 332 g/mol. The zero-order valence-corrected chi connectivity index (χ0v) is 13.1. The molecule has 1 amide bonds. The van der Waals surface area contributed by atoms with Crippen LogP contribution in [0.4, 0.5) is 5.69 Å². The summed E-state index contributed by atoms with van der Waals surface area (Å²) in [6.07, 6.45) is 0. The van der Waals surface area contributed by atoms with Gasteiger partial charge in [-0.2, -0.15) is 0 Å². The first-order chi connectivity index (χ1) is 9.49. The molecule has 0 spiro atoms. The molecule has 0 aliphatic carbocycles. The summed E-state index contributed by atoms with van der Waals surface area (Å²) in [7, 11) is 0. The molecule has 20 heavy (non-hydrogen) atoms. The molecule has 0 aliphatic rings. The van der Waals surface area contributed by atoms with Crippen molar-refractivity contribution in [2.45, 2.75) is 19.9 Å². The summed E-state index contributed by atoms with van der Waals surface area (Å²) in [6, 6.07) is 12.7. The number of rotatable bonds is 3. The zero-order chi connectivity index (χ0) is 14.7. The SMILES string of the molecule is Cc1ccc(C(N)C(=O)Nc2cccc(Br)c2C)cc1. The summed E-state index contributed by atoms with van der Waals surface area (Å²) < 4.78 is 0.958. The molecule has 0 bridgehead atoms. The molecule has 0 heterocycles. The van der Waals surface area contributed by atoms with Crippen LogP contribution in [0.5, 0.6) is 0 Å². The third-order valence-electron chi connectivity index (χ3n) is 3.24. The van der Waals surface area contributed by atoms with E-state index in [0.29, 0.717) is 0 Å². The van der Waals surface area contributed by atoms with Crippen LogP contribution in [0, 0.1) is 13.8 Å². The topological polar surface area (TPSA) is 55.1 Å². The average Bonchev–Trinajstić information content (AvgIpc) is 2.44. The molecule has 0 saturated carbocycles. The van der Waals surface area contributed by atoms with E-state index in [2.05, 4.69) is 21.2 Å². The first kappa shape index (κ1) is 14.8. The number of carbonyl (C=O) groups is 1. The highest BCUT2D eigenvalue weighted by atomic mass is 79.9. The van der Waals surface area contributed by atoms with E-state index in [4.69, 9.17) is 5.73 Å². The van der Waals surface area contributed by atoms with Gasteiger partial charge in [-0.05, 0) is 37.1 Å². The Morgan fingerprint density at radius 2 is 1.80 bits per heavy atom. The van der Waals surface area contributed by atoms with Crippen LogP contribution in [-0.4, -0.2) is 5.91 Å². The molecule has 1 unspecified atom stereocenters. The molecule has 2 rings (SSSR count). The van der Waals surface area contributed by atoms with Gasteiger partial charge in [0.15, 0.2) is 0 Å². The van der Waals surface area contributed by atoms with E-state index >= 15 is 0 Å². The summed E-state index contributed by atoms with van der Waals surface area (Å²) in [4.78, 5) is 12.2. The highest BCUT2D eigenvalue weighted by Crippen LogP contribution is 2.24. The predicted octanol–water partition coefficient (Wildman–Crippen LogP) is 3.70. The molecule has 0 fully saturated rings. The lowest BCUT2D eigenvalue weighted by molar-refractivity contribution is -0.117. The van der Waals surface area contributed by atoms with Gasteiger partial charge in [0.1, 0.15) is 6.04 Å². The molecule has 0 saturated heterocycles. The maximum atomic E-state index is 12.2. The summed E-state index contributed by atoms with van der Waals surface area (Å²) in [5.41, 5.74) is 9.70. The molecule has 2 aromatic carbocycles. The molecule has 0 aromatic heterocycles. The second-order valence-electron chi connectivity index (χ2n) is 4.79. The van der Waals surface area contributed by atoms with Crippen molar-refractivity contribution in [3.63, 3.8) is 0 Å². The van der Waals surface area contributed by atoms with Crippen LogP contribution in [-0.2, 0) is 4.79 Å². The molecule has 2 aromatic rings. The Hall–Kier alpha value is -1.65. The van der Waals surface area contributed by atoms with Gasteiger partial charge in [0.05, 0.1) is 0 Å². The summed E-state index contributed by atoms with van der Waals surface area (Å²) in [6.45, 7) is 3.94. The minimum Gasteiger partial charge on any atom is -0.324 e. The van der Waals surface area contributed by atoms with Crippen LogP contribution in [0.2, 0.25) is 0 Å². The van der Waals surface area contributed by atoms with Crippen molar-refractivity contribution in [2.24, 2.45) is 5.73 Å². The number of benzene rings is 2. The lowest BCUT2D eigenvalue weighted by Crippen LogP contribution is -2.28. The molecule has 4 heteroatoms. The molecule has 0 radical (unpaired) electrons. The van der Waals surface area contributed by atoms with Crippen LogP contribution >= 0.6 is 15.9 Å². The van der Waals surface area contributed by atoms with Gasteiger partial charge in [-0.1, -0.05) is 51.8 Å². The normalized spacial score (nSPS) is 12.0. The van der Waals surface area contributed by atoms with Crippen LogP contribution < -0.4 is 11.1 Å². The number of hydrogen-bond acceptors (Lipinski definition) is 2. The maximum absolute atomic E-state index is 12.2. The van der Waals surface area contributed by atoms with E-state index in [0.717, 1.165) is 26.9 Å². The highest BCUT2D eigenvalue weighted by Gasteiger charge is 2.16. The van der Waals surface area contributed by atoms with E-state index in [9.17, 15) is 4.79 Å². The summed E-state index contributed by atoms with van der Waals surface area (Å²) >= 11 is 3.44. The number of aryl methyl sites for hydroxylation is 1. The minimum atomic E-state index is -0.672. The lowest BCUT2D eigenvalue weighted by Gasteiger charge is -2.15. The smallest absolute Gasteiger partial charge is 0.245 e. The fourth-order valence-corrected chi connectivity index (χ4v) is 2.24. The predicted molar refractivity (Wildman–Crippen MR) is 85.6 cm³/mol. The van der Waals surface area contributed by atoms with Crippen molar-refractivity contribution in [3.05, 3.63) is 63.6 Å². The second kappa shape index (κ2) is 6.20. The van der Waals surface area contributed by atoms with Crippen LogP contribution in [0.1, 0.15) is 22.7 Å². The lowest BCUT2D eigenvalue weighted by atomic mass is 10.0. The average molecular weight is 333 g/mol. The number of carbonyl (C=O) groups excluding carboxylic acids is 1. The molecular formula is C16H17BrN2O. The van der Waals surface area contributed by atoms with Crippen molar-refractivity contribution in [3.8, 4) is 0 Å². The van der Waals surface area contributed by atoms with Crippen molar-refractivity contribution in [1.29, 1.82) is 0 Å².